The summed E-state index contributed by atoms with van der Waals surface area (Å²) >= 11 is 0. The first-order valence-electron chi connectivity index (χ1n) is 8.70. The molecule has 152 valence electrons. The molecule has 3 aromatic rings. The molecule has 0 unspecified atom stereocenters. The van der Waals surface area contributed by atoms with Crippen molar-refractivity contribution in [2.24, 2.45) is 0 Å². The van der Waals surface area contributed by atoms with Gasteiger partial charge >= 0.3 is 11.6 Å². The lowest BCUT2D eigenvalue weighted by molar-refractivity contribution is -0.144. The molecule has 0 radical (unpaired) electrons. The highest BCUT2D eigenvalue weighted by Gasteiger charge is 2.14. The zero-order valence-corrected chi connectivity index (χ0v) is 16.4. The molecule has 9 heteroatoms. The maximum absolute atomic E-state index is 12.1. The Kier molecular flexibility index (Phi) is 6.30. The smallest absolute Gasteiger partial charge is 0.336 e. The number of ether oxygens (including phenoxy) is 2. The van der Waals surface area contributed by atoms with Crippen LogP contribution >= 0.6 is 0 Å². The molecular weight excluding hydrogens is 398 g/mol. The minimum Gasteiger partial charge on any atom is -0.497 e. The molecule has 0 fully saturated rings. The van der Waals surface area contributed by atoms with Gasteiger partial charge in [0.15, 0.2) is 0 Å². The number of carbonyl (C=O) groups is 1. The van der Waals surface area contributed by atoms with Gasteiger partial charge in [-0.1, -0.05) is 18.2 Å². The molecule has 29 heavy (non-hydrogen) atoms. The summed E-state index contributed by atoms with van der Waals surface area (Å²) in [5.74, 6) is -0.0730. The first-order chi connectivity index (χ1) is 13.9. The van der Waals surface area contributed by atoms with Crippen molar-refractivity contribution in [2.45, 2.75) is 17.9 Å². The van der Waals surface area contributed by atoms with Gasteiger partial charge in [0.1, 0.15) is 17.9 Å². The Morgan fingerprint density at radius 1 is 1.10 bits per heavy atom. The number of rotatable bonds is 8. The topological polar surface area (TPSA) is 112 Å². The summed E-state index contributed by atoms with van der Waals surface area (Å²) in [5, 5.41) is 0.614. The molecule has 3 rings (SSSR count). The second-order valence-corrected chi connectivity index (χ2v) is 7.84. The van der Waals surface area contributed by atoms with E-state index < -0.39 is 21.6 Å². The van der Waals surface area contributed by atoms with E-state index in [2.05, 4.69) is 4.72 Å². The van der Waals surface area contributed by atoms with Crippen LogP contribution in [-0.2, 0) is 26.2 Å². The molecule has 0 amide bonds. The molecule has 0 bridgehead atoms. The molecule has 0 aliphatic heterocycles. The Morgan fingerprint density at radius 2 is 1.86 bits per heavy atom. The first kappa shape index (κ1) is 20.6. The van der Waals surface area contributed by atoms with Crippen molar-refractivity contribution < 1.29 is 27.1 Å². The monoisotopic (exact) mass is 417 g/mol. The van der Waals surface area contributed by atoms with E-state index in [0.29, 0.717) is 22.3 Å². The highest BCUT2D eigenvalue weighted by Crippen LogP contribution is 2.23. The zero-order valence-electron chi connectivity index (χ0n) is 15.6. The van der Waals surface area contributed by atoms with Gasteiger partial charge in [-0.05, 0) is 24.3 Å². The summed E-state index contributed by atoms with van der Waals surface area (Å²) in [5.41, 5.74) is 0.225. The molecule has 0 saturated carbocycles. The Morgan fingerprint density at radius 3 is 2.59 bits per heavy atom. The highest BCUT2D eigenvalue weighted by atomic mass is 32.2. The molecule has 1 heterocycles. The number of nitrogens with one attached hydrogen (secondary N) is 1. The number of sulfonamides is 1. The maximum atomic E-state index is 12.1. The summed E-state index contributed by atoms with van der Waals surface area (Å²) < 4.78 is 42.0. The minimum absolute atomic E-state index is 0.106. The van der Waals surface area contributed by atoms with Crippen LogP contribution in [0, 0.1) is 0 Å². The average molecular weight is 417 g/mol. The molecule has 1 aromatic heterocycles. The molecule has 0 aliphatic carbocycles. The van der Waals surface area contributed by atoms with Gasteiger partial charge in [0.25, 0.3) is 0 Å². The van der Waals surface area contributed by atoms with E-state index in [1.807, 2.05) is 0 Å². The van der Waals surface area contributed by atoms with Gasteiger partial charge in [0, 0.05) is 29.6 Å². The largest absolute Gasteiger partial charge is 0.497 e. The SMILES string of the molecule is COc1ccc2c(COC(=O)CCNS(=O)(=O)c3ccccc3)cc(=O)oc2c1. The zero-order chi connectivity index (χ0) is 20.9. The summed E-state index contributed by atoms with van der Waals surface area (Å²) in [6.07, 6.45) is -0.154. The van der Waals surface area contributed by atoms with Crippen LogP contribution in [0.1, 0.15) is 12.0 Å². The van der Waals surface area contributed by atoms with Gasteiger partial charge in [0.05, 0.1) is 18.4 Å². The van der Waals surface area contributed by atoms with E-state index in [-0.39, 0.29) is 24.5 Å². The van der Waals surface area contributed by atoms with Crippen LogP contribution in [-0.4, -0.2) is 28.0 Å². The Balaban J connectivity index is 1.59. The van der Waals surface area contributed by atoms with Crippen LogP contribution in [0.15, 0.2) is 68.7 Å². The lowest BCUT2D eigenvalue weighted by atomic mass is 10.1. The second-order valence-electron chi connectivity index (χ2n) is 6.07. The van der Waals surface area contributed by atoms with Crippen molar-refractivity contribution in [2.75, 3.05) is 13.7 Å². The van der Waals surface area contributed by atoms with E-state index in [9.17, 15) is 18.0 Å². The molecule has 2 aromatic carbocycles. The number of fused-ring (bicyclic) bond motifs is 1. The number of methoxy groups -OCH3 is 1. The lowest BCUT2D eigenvalue weighted by Crippen LogP contribution is -2.26. The average Bonchev–Trinajstić information content (AvgIpc) is 2.72. The Bertz CT molecular complexity index is 1170. The Hall–Kier alpha value is -3.17. The Labute approximate surface area is 167 Å². The maximum Gasteiger partial charge on any atom is 0.336 e. The van der Waals surface area contributed by atoms with Gasteiger partial charge in [0.2, 0.25) is 10.0 Å². The van der Waals surface area contributed by atoms with Crippen molar-refractivity contribution in [3.8, 4) is 5.75 Å². The van der Waals surface area contributed by atoms with Gasteiger partial charge in [-0.15, -0.1) is 0 Å². The van der Waals surface area contributed by atoms with Crippen molar-refractivity contribution in [3.63, 3.8) is 0 Å². The van der Waals surface area contributed by atoms with E-state index in [1.165, 1.54) is 25.3 Å². The van der Waals surface area contributed by atoms with Crippen LogP contribution in [0.4, 0.5) is 0 Å². The van der Waals surface area contributed by atoms with Crippen LogP contribution in [0.2, 0.25) is 0 Å². The summed E-state index contributed by atoms with van der Waals surface area (Å²) in [6.45, 7) is -0.246. The third-order valence-corrected chi connectivity index (χ3v) is 5.58. The van der Waals surface area contributed by atoms with Crippen LogP contribution in [0.3, 0.4) is 0 Å². The van der Waals surface area contributed by atoms with E-state index >= 15 is 0 Å². The molecule has 0 atom stereocenters. The fourth-order valence-corrected chi connectivity index (χ4v) is 3.71. The lowest BCUT2D eigenvalue weighted by Gasteiger charge is -2.09. The fourth-order valence-electron chi connectivity index (χ4n) is 2.66. The number of carbonyl (C=O) groups excluding carboxylic acids is 1. The van der Waals surface area contributed by atoms with E-state index in [1.54, 1.807) is 36.4 Å². The van der Waals surface area contributed by atoms with E-state index in [0.717, 1.165) is 0 Å². The standard InChI is InChI=1S/C20H19NO7S/c1-26-15-7-8-17-14(11-20(23)28-18(17)12-15)13-27-19(22)9-10-21-29(24,25)16-5-3-2-4-6-16/h2-8,11-12,21H,9-10,13H2,1H3. The number of esters is 1. The van der Waals surface area contributed by atoms with Crippen LogP contribution in [0.5, 0.6) is 5.75 Å². The summed E-state index contributed by atoms with van der Waals surface area (Å²) in [7, 11) is -2.19. The van der Waals surface area contributed by atoms with Gasteiger partial charge in [-0.2, -0.15) is 0 Å². The molecule has 0 aliphatic rings. The molecule has 0 saturated heterocycles. The highest BCUT2D eigenvalue weighted by molar-refractivity contribution is 7.89. The first-order valence-corrected chi connectivity index (χ1v) is 10.2. The van der Waals surface area contributed by atoms with Gasteiger partial charge in [-0.3, -0.25) is 4.79 Å². The predicted octanol–water partition coefficient (Wildman–Crippen LogP) is 2.21. The normalized spacial score (nSPS) is 11.3. The third-order valence-electron chi connectivity index (χ3n) is 4.10. The molecular formula is C20H19NO7S. The van der Waals surface area contributed by atoms with E-state index in [4.69, 9.17) is 13.9 Å². The van der Waals surface area contributed by atoms with Crippen molar-refractivity contribution in [3.05, 3.63) is 70.6 Å². The van der Waals surface area contributed by atoms with Crippen molar-refractivity contribution in [1.29, 1.82) is 0 Å². The number of hydrogen-bond acceptors (Lipinski definition) is 7. The van der Waals surface area contributed by atoms with Crippen molar-refractivity contribution >= 4 is 27.0 Å². The third kappa shape index (κ3) is 5.21. The molecule has 1 N–H and O–H groups in total. The van der Waals surface area contributed by atoms with Gasteiger partial charge in [-0.25, -0.2) is 17.9 Å². The minimum atomic E-state index is -3.69. The van der Waals surface area contributed by atoms with Crippen molar-refractivity contribution in [1.82, 2.24) is 4.72 Å². The molecule has 8 nitrogen and oxygen atoms in total. The fraction of sp³-hybridized carbons (Fsp3) is 0.200. The van der Waals surface area contributed by atoms with Crippen LogP contribution in [0.25, 0.3) is 11.0 Å². The van der Waals surface area contributed by atoms with Gasteiger partial charge < -0.3 is 13.9 Å². The second kappa shape index (κ2) is 8.89. The predicted molar refractivity (Wildman–Crippen MR) is 105 cm³/mol. The quantitative estimate of drug-likeness (QED) is 0.442. The summed E-state index contributed by atoms with van der Waals surface area (Å²) in [6, 6.07) is 14.1. The van der Waals surface area contributed by atoms with Crippen LogP contribution < -0.4 is 15.1 Å². The molecule has 0 spiro atoms. The number of benzene rings is 2. The summed E-state index contributed by atoms with van der Waals surface area (Å²) in [4.78, 5) is 23.8. The number of hydrogen-bond donors (Lipinski definition) is 1.